The van der Waals surface area contributed by atoms with Gasteiger partial charge in [0.15, 0.2) is 0 Å². The molecule has 7 heteroatoms. The van der Waals surface area contributed by atoms with E-state index >= 15 is 0 Å². The molecule has 0 aliphatic carbocycles. The van der Waals surface area contributed by atoms with Gasteiger partial charge in [-0.2, -0.15) is 0 Å². The minimum Gasteiger partial charge on any atom is -0.495 e. The van der Waals surface area contributed by atoms with Crippen molar-refractivity contribution in [2.24, 2.45) is 0 Å². The number of rotatable bonds is 4. The summed E-state index contributed by atoms with van der Waals surface area (Å²) in [5.74, 6) is -0.0449. The number of benzene rings is 2. The molecule has 0 heterocycles. The van der Waals surface area contributed by atoms with Crippen LogP contribution in [0.25, 0.3) is 0 Å². The van der Waals surface area contributed by atoms with Crippen molar-refractivity contribution in [2.45, 2.75) is 11.8 Å². The molecule has 0 saturated heterocycles. The van der Waals surface area contributed by atoms with Crippen LogP contribution in [0.2, 0.25) is 5.02 Å². The average molecular weight is 330 g/mol. The SMILES string of the molecule is COc1ccc(NS(=O)(=O)c2ccc(F)cc2C)cc1Cl. The minimum atomic E-state index is -3.81. The van der Waals surface area contributed by atoms with Gasteiger partial charge >= 0.3 is 0 Å². The number of hydrogen-bond donors (Lipinski definition) is 1. The molecule has 4 nitrogen and oxygen atoms in total. The third-order valence-electron chi connectivity index (χ3n) is 2.83. The van der Waals surface area contributed by atoms with Gasteiger partial charge < -0.3 is 4.74 Å². The van der Waals surface area contributed by atoms with Gasteiger partial charge in [-0.25, -0.2) is 12.8 Å². The molecular formula is C14H13ClFNO3S. The normalized spacial score (nSPS) is 11.2. The maximum atomic E-state index is 13.1. The summed E-state index contributed by atoms with van der Waals surface area (Å²) in [7, 11) is -2.35. The maximum Gasteiger partial charge on any atom is 0.262 e. The van der Waals surface area contributed by atoms with E-state index < -0.39 is 15.8 Å². The molecule has 0 fully saturated rings. The average Bonchev–Trinajstić information content (AvgIpc) is 2.37. The molecule has 1 N–H and O–H groups in total. The van der Waals surface area contributed by atoms with Gasteiger partial charge in [0, 0.05) is 0 Å². The van der Waals surface area contributed by atoms with Crippen LogP contribution in [0.5, 0.6) is 5.75 Å². The Morgan fingerprint density at radius 3 is 2.48 bits per heavy atom. The molecule has 0 aromatic heterocycles. The van der Waals surface area contributed by atoms with Crippen LogP contribution in [-0.2, 0) is 10.0 Å². The number of sulfonamides is 1. The fraction of sp³-hybridized carbons (Fsp3) is 0.143. The number of aryl methyl sites for hydroxylation is 1. The van der Waals surface area contributed by atoms with Gasteiger partial charge in [-0.15, -0.1) is 0 Å². The summed E-state index contributed by atoms with van der Waals surface area (Å²) in [4.78, 5) is 0.0100. The lowest BCUT2D eigenvalue weighted by atomic mass is 10.2. The molecule has 0 aliphatic heterocycles. The highest BCUT2D eigenvalue weighted by Gasteiger charge is 2.17. The molecule has 0 radical (unpaired) electrons. The molecular weight excluding hydrogens is 317 g/mol. The summed E-state index contributed by atoms with van der Waals surface area (Å²) in [6, 6.07) is 8.01. The van der Waals surface area contributed by atoms with Gasteiger partial charge in [0.05, 0.1) is 22.7 Å². The molecule has 0 unspecified atom stereocenters. The van der Waals surface area contributed by atoms with Crippen molar-refractivity contribution in [2.75, 3.05) is 11.8 Å². The first-order valence-electron chi connectivity index (χ1n) is 5.96. The lowest BCUT2D eigenvalue weighted by Crippen LogP contribution is -2.14. The Kier molecular flexibility index (Phi) is 4.39. The molecule has 0 atom stereocenters. The van der Waals surface area contributed by atoms with Gasteiger partial charge in [0.25, 0.3) is 10.0 Å². The molecule has 112 valence electrons. The highest BCUT2D eigenvalue weighted by Crippen LogP contribution is 2.28. The fourth-order valence-electron chi connectivity index (χ4n) is 1.85. The lowest BCUT2D eigenvalue weighted by Gasteiger charge is -2.11. The van der Waals surface area contributed by atoms with Crippen molar-refractivity contribution in [3.05, 3.63) is 52.8 Å². The van der Waals surface area contributed by atoms with E-state index in [1.54, 1.807) is 6.07 Å². The summed E-state index contributed by atoms with van der Waals surface area (Å²) in [6.45, 7) is 1.53. The number of halogens is 2. The van der Waals surface area contributed by atoms with Crippen molar-refractivity contribution in [3.8, 4) is 5.75 Å². The van der Waals surface area contributed by atoms with Crippen molar-refractivity contribution >= 4 is 27.3 Å². The summed E-state index contributed by atoms with van der Waals surface area (Å²) >= 11 is 5.95. The predicted molar refractivity (Wildman–Crippen MR) is 79.9 cm³/mol. The van der Waals surface area contributed by atoms with E-state index in [-0.39, 0.29) is 9.92 Å². The molecule has 0 amide bonds. The van der Waals surface area contributed by atoms with Crippen LogP contribution in [0.3, 0.4) is 0 Å². The Bertz CT molecular complexity index is 778. The van der Waals surface area contributed by atoms with Crippen LogP contribution in [0.15, 0.2) is 41.3 Å². The summed E-state index contributed by atoms with van der Waals surface area (Å²) in [5, 5.41) is 0.286. The molecule has 0 bridgehead atoms. The predicted octanol–water partition coefficient (Wildman–Crippen LogP) is 3.60. The Balaban J connectivity index is 2.35. The topological polar surface area (TPSA) is 55.4 Å². The molecule has 0 aliphatic rings. The quantitative estimate of drug-likeness (QED) is 0.932. The third-order valence-corrected chi connectivity index (χ3v) is 4.67. The summed E-state index contributed by atoms with van der Waals surface area (Å²) in [5.41, 5.74) is 0.617. The summed E-state index contributed by atoms with van der Waals surface area (Å²) < 4.78 is 45.0. The van der Waals surface area contributed by atoms with E-state index in [9.17, 15) is 12.8 Å². The van der Waals surface area contributed by atoms with Crippen LogP contribution in [0, 0.1) is 12.7 Å². The van der Waals surface area contributed by atoms with E-state index in [0.717, 1.165) is 12.1 Å². The molecule has 2 aromatic rings. The van der Waals surface area contributed by atoms with Gasteiger partial charge in [0.1, 0.15) is 11.6 Å². The Morgan fingerprint density at radius 2 is 1.90 bits per heavy atom. The molecule has 2 rings (SSSR count). The highest BCUT2D eigenvalue weighted by atomic mass is 35.5. The minimum absolute atomic E-state index is 0.0100. The first-order valence-corrected chi connectivity index (χ1v) is 7.82. The van der Waals surface area contributed by atoms with Crippen LogP contribution in [0.4, 0.5) is 10.1 Å². The Morgan fingerprint density at radius 1 is 1.19 bits per heavy atom. The lowest BCUT2D eigenvalue weighted by molar-refractivity contribution is 0.415. The smallest absolute Gasteiger partial charge is 0.262 e. The van der Waals surface area contributed by atoms with Gasteiger partial charge in [-0.1, -0.05) is 11.6 Å². The molecule has 0 saturated carbocycles. The second-order valence-corrected chi connectivity index (χ2v) is 6.42. The zero-order chi connectivity index (χ0) is 15.6. The standard InChI is InChI=1S/C14H13ClFNO3S/c1-9-7-10(16)3-6-14(9)21(18,19)17-11-4-5-13(20-2)12(15)8-11/h3-8,17H,1-2H3. The Hall–Kier alpha value is -1.79. The second-order valence-electron chi connectivity index (χ2n) is 4.36. The monoisotopic (exact) mass is 329 g/mol. The Labute approximate surface area is 127 Å². The van der Waals surface area contributed by atoms with Crippen molar-refractivity contribution in [3.63, 3.8) is 0 Å². The van der Waals surface area contributed by atoms with Crippen molar-refractivity contribution in [1.29, 1.82) is 0 Å². The molecule has 21 heavy (non-hydrogen) atoms. The van der Waals surface area contributed by atoms with E-state index in [0.29, 0.717) is 17.0 Å². The molecule has 0 spiro atoms. The van der Waals surface area contributed by atoms with Gasteiger partial charge in [-0.3, -0.25) is 4.72 Å². The number of methoxy groups -OCH3 is 1. The zero-order valence-electron chi connectivity index (χ0n) is 11.4. The van der Waals surface area contributed by atoms with Crippen LogP contribution in [0.1, 0.15) is 5.56 Å². The first-order chi connectivity index (χ1) is 9.83. The fourth-order valence-corrected chi connectivity index (χ4v) is 3.39. The summed E-state index contributed by atoms with van der Waals surface area (Å²) in [6.07, 6.45) is 0. The zero-order valence-corrected chi connectivity index (χ0v) is 12.9. The second kappa shape index (κ2) is 5.91. The van der Waals surface area contributed by atoms with Crippen LogP contribution >= 0.6 is 11.6 Å². The van der Waals surface area contributed by atoms with Gasteiger partial charge in [-0.05, 0) is 48.9 Å². The van der Waals surface area contributed by atoms with Gasteiger partial charge in [0.2, 0.25) is 0 Å². The van der Waals surface area contributed by atoms with Crippen LogP contribution < -0.4 is 9.46 Å². The largest absolute Gasteiger partial charge is 0.495 e. The van der Waals surface area contributed by atoms with E-state index in [4.69, 9.17) is 16.3 Å². The molecule has 2 aromatic carbocycles. The highest BCUT2D eigenvalue weighted by molar-refractivity contribution is 7.92. The van der Waals surface area contributed by atoms with Crippen molar-refractivity contribution in [1.82, 2.24) is 0 Å². The third kappa shape index (κ3) is 3.46. The van der Waals surface area contributed by atoms with E-state index in [2.05, 4.69) is 4.72 Å². The number of nitrogens with one attached hydrogen (secondary N) is 1. The first kappa shape index (κ1) is 15.6. The number of anilines is 1. The van der Waals surface area contributed by atoms with Crippen molar-refractivity contribution < 1.29 is 17.5 Å². The van der Waals surface area contributed by atoms with E-state index in [1.165, 1.54) is 32.2 Å². The number of ether oxygens (including phenoxy) is 1. The number of hydrogen-bond acceptors (Lipinski definition) is 3. The van der Waals surface area contributed by atoms with Crippen LogP contribution in [-0.4, -0.2) is 15.5 Å². The maximum absolute atomic E-state index is 13.1. The van der Waals surface area contributed by atoms with E-state index in [1.807, 2.05) is 0 Å².